The van der Waals surface area contributed by atoms with Gasteiger partial charge in [-0.1, -0.05) is 20.8 Å². The van der Waals surface area contributed by atoms with E-state index in [4.69, 9.17) is 4.74 Å². The molecule has 1 unspecified atom stereocenters. The van der Waals surface area contributed by atoms with Crippen molar-refractivity contribution in [3.63, 3.8) is 0 Å². The maximum absolute atomic E-state index is 12.4. The molecule has 156 valence electrons. The highest BCUT2D eigenvalue weighted by molar-refractivity contribution is 14.0. The molecule has 0 aromatic carbocycles. The first-order chi connectivity index (χ1) is 12.3. The average molecular weight is 495 g/mol. The van der Waals surface area contributed by atoms with Crippen LogP contribution in [-0.2, 0) is 14.3 Å². The van der Waals surface area contributed by atoms with Crippen LogP contribution in [0.5, 0.6) is 0 Å². The Morgan fingerprint density at radius 3 is 2.19 bits per heavy atom. The van der Waals surface area contributed by atoms with Crippen LogP contribution in [0.2, 0.25) is 0 Å². The van der Waals surface area contributed by atoms with Crippen LogP contribution in [0, 0.1) is 5.41 Å². The zero-order valence-electron chi connectivity index (χ0n) is 16.9. The van der Waals surface area contributed by atoms with Crippen LogP contribution in [0.25, 0.3) is 0 Å². The van der Waals surface area contributed by atoms with Gasteiger partial charge in [0, 0.05) is 58.3 Å². The number of halogens is 1. The zero-order chi connectivity index (χ0) is 19.2. The van der Waals surface area contributed by atoms with Gasteiger partial charge in [0.05, 0.1) is 0 Å². The zero-order valence-corrected chi connectivity index (χ0v) is 19.2. The van der Waals surface area contributed by atoms with Crippen LogP contribution >= 0.6 is 24.0 Å². The Kier molecular flexibility index (Phi) is 9.78. The summed E-state index contributed by atoms with van der Waals surface area (Å²) in [7, 11) is 1.75. The van der Waals surface area contributed by atoms with Gasteiger partial charge >= 0.3 is 0 Å². The van der Waals surface area contributed by atoms with Crippen LogP contribution in [0.4, 0.5) is 0 Å². The molecule has 0 aromatic rings. The molecular formula is C18H34IN5O3. The van der Waals surface area contributed by atoms with Gasteiger partial charge in [0.2, 0.25) is 5.91 Å². The lowest BCUT2D eigenvalue weighted by molar-refractivity contribution is -0.142. The quantitative estimate of drug-likeness (QED) is 0.259. The van der Waals surface area contributed by atoms with Crippen molar-refractivity contribution in [2.75, 3.05) is 52.9 Å². The number of nitrogens with zero attached hydrogens (tertiary/aromatic N) is 3. The number of hydrogen-bond donors (Lipinski definition) is 2. The normalized spacial score (nSPS) is 20.9. The number of carbonyl (C=O) groups excluding carboxylic acids is 2. The molecule has 0 saturated carbocycles. The fourth-order valence-electron chi connectivity index (χ4n) is 3.06. The average Bonchev–Trinajstić information content (AvgIpc) is 3.15. The van der Waals surface area contributed by atoms with E-state index in [-0.39, 0.29) is 47.3 Å². The molecule has 2 rings (SSSR count). The molecule has 2 N–H and O–H groups in total. The molecule has 0 radical (unpaired) electrons. The summed E-state index contributed by atoms with van der Waals surface area (Å²) in [5.74, 6) is 0.963. The molecule has 1 atom stereocenters. The fraction of sp³-hybridized carbons (Fsp3) is 0.833. The molecule has 0 aliphatic carbocycles. The molecular weight excluding hydrogens is 461 g/mol. The minimum Gasteiger partial charge on any atom is -0.368 e. The van der Waals surface area contributed by atoms with Crippen molar-refractivity contribution < 1.29 is 14.3 Å². The Bertz CT molecular complexity index is 522. The van der Waals surface area contributed by atoms with Gasteiger partial charge in [-0.25, -0.2) is 0 Å². The van der Waals surface area contributed by atoms with Crippen LogP contribution in [0.15, 0.2) is 4.99 Å². The smallest absolute Gasteiger partial charge is 0.251 e. The van der Waals surface area contributed by atoms with Crippen molar-refractivity contribution in [1.82, 2.24) is 20.4 Å². The van der Waals surface area contributed by atoms with Crippen LogP contribution in [-0.4, -0.2) is 86.6 Å². The van der Waals surface area contributed by atoms with Crippen molar-refractivity contribution in [2.45, 2.75) is 39.7 Å². The predicted octanol–water partition coefficient (Wildman–Crippen LogP) is 0.665. The first-order valence-corrected chi connectivity index (χ1v) is 9.47. The van der Waals surface area contributed by atoms with E-state index < -0.39 is 0 Å². The van der Waals surface area contributed by atoms with E-state index >= 15 is 0 Å². The highest BCUT2D eigenvalue weighted by Gasteiger charge is 2.30. The summed E-state index contributed by atoms with van der Waals surface area (Å²) in [6, 6.07) is 0. The fourth-order valence-corrected chi connectivity index (χ4v) is 3.06. The monoisotopic (exact) mass is 495 g/mol. The number of rotatable bonds is 4. The number of amides is 2. The molecule has 2 aliphatic heterocycles. The Hall–Kier alpha value is -1.10. The van der Waals surface area contributed by atoms with E-state index in [9.17, 15) is 9.59 Å². The van der Waals surface area contributed by atoms with E-state index in [0.29, 0.717) is 32.8 Å². The standard InChI is InChI=1S/C18H33N5O3.HI/c1-18(2,3)16(25)20-7-8-21-17(19-4)23-11-9-22(10-12-23)15(24)14-6-5-13-26-14;/h14H,5-13H2,1-4H3,(H,19,21)(H,20,25);1H. The summed E-state index contributed by atoms with van der Waals surface area (Å²) in [5.41, 5.74) is -0.381. The number of hydrogen-bond acceptors (Lipinski definition) is 4. The number of nitrogens with one attached hydrogen (secondary N) is 2. The van der Waals surface area contributed by atoms with Gasteiger partial charge in [0.25, 0.3) is 5.91 Å². The van der Waals surface area contributed by atoms with Crippen molar-refractivity contribution >= 4 is 41.8 Å². The topological polar surface area (TPSA) is 86.3 Å². The van der Waals surface area contributed by atoms with Crippen LogP contribution in [0.1, 0.15) is 33.6 Å². The summed E-state index contributed by atoms with van der Waals surface area (Å²) in [4.78, 5) is 32.6. The lowest BCUT2D eigenvalue weighted by Crippen LogP contribution is -2.55. The molecule has 0 spiro atoms. The number of piperazine rings is 1. The van der Waals surface area contributed by atoms with Gasteiger partial charge < -0.3 is 25.2 Å². The summed E-state index contributed by atoms with van der Waals surface area (Å²) in [5, 5.41) is 6.19. The minimum atomic E-state index is -0.381. The first kappa shape index (κ1) is 23.9. The second-order valence-corrected chi connectivity index (χ2v) is 7.79. The highest BCUT2D eigenvalue weighted by atomic mass is 127. The van der Waals surface area contributed by atoms with Gasteiger partial charge in [-0.15, -0.1) is 24.0 Å². The lowest BCUT2D eigenvalue weighted by Gasteiger charge is -2.37. The largest absolute Gasteiger partial charge is 0.368 e. The Morgan fingerprint density at radius 2 is 1.67 bits per heavy atom. The maximum Gasteiger partial charge on any atom is 0.251 e. The van der Waals surface area contributed by atoms with Crippen molar-refractivity contribution in [3.8, 4) is 0 Å². The summed E-state index contributed by atoms with van der Waals surface area (Å²) >= 11 is 0. The summed E-state index contributed by atoms with van der Waals surface area (Å²) in [6.07, 6.45) is 1.56. The van der Waals surface area contributed by atoms with Gasteiger partial charge in [-0.2, -0.15) is 0 Å². The molecule has 0 bridgehead atoms. The maximum atomic E-state index is 12.4. The number of aliphatic imine (C=N–C) groups is 1. The van der Waals surface area contributed by atoms with Gasteiger partial charge in [0.1, 0.15) is 6.10 Å². The second kappa shape index (κ2) is 11.0. The van der Waals surface area contributed by atoms with Gasteiger partial charge in [-0.05, 0) is 12.8 Å². The molecule has 8 nitrogen and oxygen atoms in total. The van der Waals surface area contributed by atoms with Crippen LogP contribution in [0.3, 0.4) is 0 Å². The third kappa shape index (κ3) is 7.10. The molecule has 2 aliphatic rings. The molecule has 0 aromatic heterocycles. The SMILES string of the molecule is CN=C(NCCNC(=O)C(C)(C)C)N1CCN(C(=O)C2CCCO2)CC1.I. The van der Waals surface area contributed by atoms with E-state index in [1.807, 2.05) is 25.7 Å². The van der Waals surface area contributed by atoms with Crippen LogP contribution < -0.4 is 10.6 Å². The molecule has 2 fully saturated rings. The molecule has 9 heteroatoms. The predicted molar refractivity (Wildman–Crippen MR) is 116 cm³/mol. The lowest BCUT2D eigenvalue weighted by atomic mass is 9.96. The Balaban J connectivity index is 0.00000364. The number of guanidine groups is 1. The van der Waals surface area contributed by atoms with E-state index in [1.165, 1.54) is 0 Å². The van der Waals surface area contributed by atoms with Crippen molar-refractivity contribution in [3.05, 3.63) is 0 Å². The molecule has 27 heavy (non-hydrogen) atoms. The van der Waals surface area contributed by atoms with E-state index in [2.05, 4.69) is 20.5 Å². The molecule has 2 saturated heterocycles. The first-order valence-electron chi connectivity index (χ1n) is 9.47. The Morgan fingerprint density at radius 1 is 1.07 bits per heavy atom. The molecule has 2 heterocycles. The highest BCUT2D eigenvalue weighted by Crippen LogP contribution is 2.16. The number of carbonyl (C=O) groups is 2. The Labute approximate surface area is 179 Å². The van der Waals surface area contributed by atoms with Crippen molar-refractivity contribution in [1.29, 1.82) is 0 Å². The molecule has 2 amide bonds. The third-order valence-electron chi connectivity index (χ3n) is 4.68. The van der Waals surface area contributed by atoms with Crippen molar-refractivity contribution in [2.24, 2.45) is 10.4 Å². The summed E-state index contributed by atoms with van der Waals surface area (Å²) < 4.78 is 5.50. The van der Waals surface area contributed by atoms with E-state index in [0.717, 1.165) is 31.9 Å². The van der Waals surface area contributed by atoms with E-state index in [1.54, 1.807) is 7.05 Å². The third-order valence-corrected chi connectivity index (χ3v) is 4.68. The minimum absolute atomic E-state index is 0. The second-order valence-electron chi connectivity index (χ2n) is 7.79. The van der Waals surface area contributed by atoms with Gasteiger partial charge in [0.15, 0.2) is 5.96 Å². The number of ether oxygens (including phenoxy) is 1. The summed E-state index contributed by atoms with van der Waals surface area (Å²) in [6.45, 7) is 10.4. The van der Waals surface area contributed by atoms with Gasteiger partial charge in [-0.3, -0.25) is 14.6 Å².